The van der Waals surface area contributed by atoms with Crippen LogP contribution in [0.25, 0.3) is 0 Å². The Morgan fingerprint density at radius 3 is 2.94 bits per heavy atom. The molecule has 0 unspecified atom stereocenters. The first-order valence-corrected chi connectivity index (χ1v) is 5.07. The van der Waals surface area contributed by atoms with Crippen LogP contribution < -0.4 is 5.32 Å². The minimum absolute atomic E-state index is 0.291. The minimum Gasteiger partial charge on any atom is -0.365 e. The molecule has 0 radical (unpaired) electrons. The fourth-order valence-electron chi connectivity index (χ4n) is 1.25. The molecule has 0 saturated carbocycles. The number of nitrogens with zero attached hydrogens (tertiary/aromatic N) is 2. The minimum atomic E-state index is -0.291. The Morgan fingerprint density at radius 1 is 1.31 bits per heavy atom. The van der Waals surface area contributed by atoms with E-state index in [9.17, 15) is 4.39 Å². The van der Waals surface area contributed by atoms with Gasteiger partial charge in [0, 0.05) is 29.5 Å². The number of benzene rings is 1. The second-order valence-electron chi connectivity index (χ2n) is 3.18. The maximum Gasteiger partial charge on any atom is 0.144 e. The number of aromatic nitrogens is 2. The van der Waals surface area contributed by atoms with Crippen molar-refractivity contribution in [3.8, 4) is 0 Å². The topological polar surface area (TPSA) is 37.8 Å². The van der Waals surface area contributed by atoms with Gasteiger partial charge in [0.2, 0.25) is 0 Å². The van der Waals surface area contributed by atoms with E-state index in [-0.39, 0.29) is 5.82 Å². The van der Waals surface area contributed by atoms with Crippen LogP contribution in [0.3, 0.4) is 0 Å². The van der Waals surface area contributed by atoms with E-state index in [1.165, 1.54) is 12.1 Å². The van der Waals surface area contributed by atoms with Gasteiger partial charge in [0.15, 0.2) is 0 Å². The van der Waals surface area contributed by atoms with Crippen molar-refractivity contribution >= 4 is 17.4 Å². The van der Waals surface area contributed by atoms with Gasteiger partial charge in [0.05, 0.1) is 6.20 Å². The molecular weight excluding hydrogens is 229 g/mol. The third-order valence-electron chi connectivity index (χ3n) is 2.03. The second kappa shape index (κ2) is 4.90. The first kappa shape index (κ1) is 10.8. The maximum absolute atomic E-state index is 13.3. The summed E-state index contributed by atoms with van der Waals surface area (Å²) in [5, 5.41) is 3.47. The summed E-state index contributed by atoms with van der Waals surface area (Å²) in [6.07, 6.45) is 4.71. The second-order valence-corrected chi connectivity index (χ2v) is 3.62. The van der Waals surface area contributed by atoms with Crippen LogP contribution in [0.4, 0.5) is 10.2 Å². The van der Waals surface area contributed by atoms with Crippen molar-refractivity contribution in [1.82, 2.24) is 9.97 Å². The fraction of sp³-hybridized carbons (Fsp3) is 0.0909. The van der Waals surface area contributed by atoms with Gasteiger partial charge >= 0.3 is 0 Å². The summed E-state index contributed by atoms with van der Waals surface area (Å²) in [6.45, 7) is 0.324. The standard InChI is InChI=1S/C11H9ClFN3/c12-9-1-2-10(13)8(5-9)6-16-11-7-14-3-4-15-11/h1-5,7H,6H2,(H,15,16). The largest absolute Gasteiger partial charge is 0.365 e. The summed E-state index contributed by atoms with van der Waals surface area (Å²) in [5.74, 6) is 0.308. The summed E-state index contributed by atoms with van der Waals surface area (Å²) in [6, 6.07) is 4.44. The lowest BCUT2D eigenvalue weighted by Gasteiger charge is -2.06. The molecule has 5 heteroatoms. The van der Waals surface area contributed by atoms with Crippen LogP contribution in [-0.2, 0) is 6.54 Å². The van der Waals surface area contributed by atoms with Gasteiger partial charge in [0.1, 0.15) is 11.6 Å². The van der Waals surface area contributed by atoms with Gasteiger partial charge in [-0.1, -0.05) is 11.6 Å². The third kappa shape index (κ3) is 2.67. The summed E-state index contributed by atoms with van der Waals surface area (Å²) < 4.78 is 13.3. The van der Waals surface area contributed by atoms with Crippen LogP contribution >= 0.6 is 11.6 Å². The van der Waals surface area contributed by atoms with Crippen molar-refractivity contribution < 1.29 is 4.39 Å². The quantitative estimate of drug-likeness (QED) is 0.892. The van der Waals surface area contributed by atoms with Crippen molar-refractivity contribution in [3.63, 3.8) is 0 Å². The smallest absolute Gasteiger partial charge is 0.144 e. The third-order valence-corrected chi connectivity index (χ3v) is 2.27. The molecule has 2 aromatic rings. The Morgan fingerprint density at radius 2 is 2.19 bits per heavy atom. The van der Waals surface area contributed by atoms with Gasteiger partial charge in [-0.3, -0.25) is 4.98 Å². The van der Waals surface area contributed by atoms with Gasteiger partial charge in [0.25, 0.3) is 0 Å². The zero-order valence-electron chi connectivity index (χ0n) is 8.32. The molecule has 1 aromatic carbocycles. The highest BCUT2D eigenvalue weighted by Gasteiger charge is 2.02. The molecule has 82 valence electrons. The molecule has 1 aromatic heterocycles. The van der Waals surface area contributed by atoms with Crippen LogP contribution in [-0.4, -0.2) is 9.97 Å². The van der Waals surface area contributed by atoms with Crippen molar-refractivity contribution in [3.05, 3.63) is 53.2 Å². The number of halogens is 2. The molecule has 0 aliphatic carbocycles. The molecule has 0 aliphatic rings. The van der Waals surface area contributed by atoms with Gasteiger partial charge in [-0.05, 0) is 18.2 Å². The lowest BCUT2D eigenvalue weighted by Crippen LogP contribution is -2.03. The van der Waals surface area contributed by atoms with Crippen LogP contribution in [0, 0.1) is 5.82 Å². The molecule has 1 heterocycles. The van der Waals surface area contributed by atoms with E-state index in [2.05, 4.69) is 15.3 Å². The van der Waals surface area contributed by atoms with E-state index in [4.69, 9.17) is 11.6 Å². The molecule has 0 aliphatic heterocycles. The molecule has 0 saturated heterocycles. The predicted octanol–water partition coefficient (Wildman–Crippen LogP) is 2.88. The monoisotopic (exact) mass is 237 g/mol. The normalized spacial score (nSPS) is 10.1. The summed E-state index contributed by atoms with van der Waals surface area (Å²) in [7, 11) is 0. The Bertz CT molecular complexity index is 476. The van der Waals surface area contributed by atoms with Crippen LogP contribution in [0.2, 0.25) is 5.02 Å². The van der Waals surface area contributed by atoms with Gasteiger partial charge in [-0.15, -0.1) is 0 Å². The van der Waals surface area contributed by atoms with Crippen LogP contribution in [0.1, 0.15) is 5.56 Å². The molecule has 0 amide bonds. The summed E-state index contributed by atoms with van der Waals surface area (Å²) >= 11 is 5.78. The highest BCUT2D eigenvalue weighted by Crippen LogP contribution is 2.15. The Kier molecular flexibility index (Phi) is 3.31. The van der Waals surface area contributed by atoms with E-state index in [0.717, 1.165) is 0 Å². The number of hydrogen-bond acceptors (Lipinski definition) is 3. The fourth-order valence-corrected chi connectivity index (χ4v) is 1.45. The summed E-state index contributed by atoms with van der Waals surface area (Å²) in [4.78, 5) is 7.91. The molecule has 3 nitrogen and oxygen atoms in total. The molecule has 0 atom stereocenters. The van der Waals surface area contributed by atoms with Crippen molar-refractivity contribution in [2.24, 2.45) is 0 Å². The number of rotatable bonds is 3. The number of hydrogen-bond donors (Lipinski definition) is 1. The Hall–Kier alpha value is -1.68. The van der Waals surface area contributed by atoms with Crippen molar-refractivity contribution in [2.75, 3.05) is 5.32 Å². The molecule has 0 spiro atoms. The predicted molar refractivity (Wildman–Crippen MR) is 60.8 cm³/mol. The molecule has 16 heavy (non-hydrogen) atoms. The SMILES string of the molecule is Fc1ccc(Cl)cc1CNc1cnccn1. The van der Waals surface area contributed by atoms with E-state index in [1.807, 2.05) is 0 Å². The first-order chi connectivity index (χ1) is 7.75. The van der Waals surface area contributed by atoms with E-state index in [1.54, 1.807) is 24.7 Å². The van der Waals surface area contributed by atoms with Gasteiger partial charge in [-0.25, -0.2) is 9.37 Å². The van der Waals surface area contributed by atoms with Crippen LogP contribution in [0.15, 0.2) is 36.8 Å². The first-order valence-electron chi connectivity index (χ1n) is 4.69. The lowest BCUT2D eigenvalue weighted by atomic mass is 10.2. The van der Waals surface area contributed by atoms with Crippen molar-refractivity contribution in [2.45, 2.75) is 6.54 Å². The average Bonchev–Trinajstić information content (AvgIpc) is 2.32. The Labute approximate surface area is 97.3 Å². The molecule has 0 fully saturated rings. The van der Waals surface area contributed by atoms with E-state index >= 15 is 0 Å². The average molecular weight is 238 g/mol. The highest BCUT2D eigenvalue weighted by molar-refractivity contribution is 6.30. The van der Waals surface area contributed by atoms with E-state index < -0.39 is 0 Å². The lowest BCUT2D eigenvalue weighted by molar-refractivity contribution is 0.613. The molecular formula is C11H9ClFN3. The zero-order chi connectivity index (χ0) is 11.4. The van der Waals surface area contributed by atoms with Crippen LogP contribution in [0.5, 0.6) is 0 Å². The molecule has 2 rings (SSSR count). The maximum atomic E-state index is 13.3. The number of anilines is 1. The number of nitrogens with one attached hydrogen (secondary N) is 1. The van der Waals surface area contributed by atoms with Gasteiger partial charge < -0.3 is 5.32 Å². The molecule has 0 bridgehead atoms. The Balaban J connectivity index is 2.08. The summed E-state index contributed by atoms with van der Waals surface area (Å²) in [5.41, 5.74) is 0.498. The molecule has 1 N–H and O–H groups in total. The highest BCUT2D eigenvalue weighted by atomic mass is 35.5. The van der Waals surface area contributed by atoms with Crippen molar-refractivity contribution in [1.29, 1.82) is 0 Å². The van der Waals surface area contributed by atoms with Gasteiger partial charge in [-0.2, -0.15) is 0 Å². The zero-order valence-corrected chi connectivity index (χ0v) is 9.08. The van der Waals surface area contributed by atoms with E-state index in [0.29, 0.717) is 22.9 Å².